The maximum Gasteiger partial charge on any atom is 0.513 e. The van der Waals surface area contributed by atoms with Crippen molar-refractivity contribution in [3.8, 4) is 0 Å². The lowest BCUT2D eigenvalue weighted by atomic mass is 9.95. The molecule has 0 bridgehead atoms. The lowest BCUT2D eigenvalue weighted by Gasteiger charge is -2.30. The molecule has 53 heavy (non-hydrogen) atoms. The summed E-state index contributed by atoms with van der Waals surface area (Å²) in [7, 11) is 0. The van der Waals surface area contributed by atoms with E-state index in [2.05, 4.69) is 62.6 Å². The van der Waals surface area contributed by atoms with Crippen LogP contribution < -0.4 is 0 Å². The van der Waals surface area contributed by atoms with Crippen LogP contribution >= 0.6 is 43.5 Å². The first-order valence-corrected chi connectivity index (χ1v) is 20.3. The average molecular weight is 881 g/mol. The predicted octanol–water partition coefficient (Wildman–Crippen LogP) is 9.96. The van der Waals surface area contributed by atoms with Crippen LogP contribution in [0, 0.1) is 13.8 Å². The van der Waals surface area contributed by atoms with Crippen molar-refractivity contribution in [2.75, 3.05) is 26.3 Å². The van der Waals surface area contributed by atoms with Gasteiger partial charge in [-0.3, -0.25) is 9.59 Å². The van der Waals surface area contributed by atoms with Crippen LogP contribution in [0.15, 0.2) is 44.7 Å². The molecule has 2 aromatic carbocycles. The largest absolute Gasteiger partial charge is 0.513 e. The van der Waals surface area contributed by atoms with Crippen LogP contribution in [0.1, 0.15) is 99.6 Å². The zero-order valence-corrected chi connectivity index (χ0v) is 35.2. The number of hydrogen-bond acceptors (Lipinski definition) is 8. The number of carbonyl (C=O) groups is 4. The summed E-state index contributed by atoms with van der Waals surface area (Å²) >= 11 is 11.9. The molecule has 0 aliphatic carbocycles. The normalized spacial score (nSPS) is 19.2. The second-order valence-corrected chi connectivity index (χ2v) is 15.3. The Kier molecular flexibility index (Phi) is 15.4. The van der Waals surface area contributed by atoms with Crippen molar-refractivity contribution in [3.05, 3.63) is 78.1 Å². The summed E-state index contributed by atoms with van der Waals surface area (Å²) in [5, 5.41) is 10.6. The molecule has 4 heterocycles. The molecule has 2 saturated heterocycles. The van der Waals surface area contributed by atoms with Gasteiger partial charge in [-0.05, 0) is 113 Å². The minimum Gasteiger partial charge on any atom is -0.509 e. The first kappa shape index (κ1) is 42.4. The summed E-state index contributed by atoms with van der Waals surface area (Å²) in [5.74, 6) is 0.621. The highest BCUT2D eigenvalue weighted by atomic mass is 79.9. The molecule has 0 spiro atoms. The van der Waals surface area contributed by atoms with Gasteiger partial charge in [-0.25, -0.2) is 9.59 Å². The van der Waals surface area contributed by atoms with E-state index in [0.29, 0.717) is 30.1 Å². The molecule has 0 radical (unpaired) electrons. The summed E-state index contributed by atoms with van der Waals surface area (Å²) in [5.41, 5.74) is 6.41. The Morgan fingerprint density at radius 1 is 0.755 bits per heavy atom. The summed E-state index contributed by atoms with van der Waals surface area (Å²) in [6.45, 7) is 13.7. The summed E-state index contributed by atoms with van der Waals surface area (Å²) in [6, 6.07) is 7.89. The number of halogens is 3. The fourth-order valence-corrected chi connectivity index (χ4v) is 9.16. The zero-order chi connectivity index (χ0) is 39.0. The molecule has 288 valence electrons. The molecular weight excluding hydrogens is 832 g/mol. The van der Waals surface area contributed by atoms with Crippen LogP contribution in [0.25, 0.3) is 11.1 Å². The molecule has 4 aliphatic rings. The van der Waals surface area contributed by atoms with Gasteiger partial charge in [0.05, 0.1) is 36.4 Å². The number of hydrogen-bond donors (Lipinski definition) is 1. The van der Waals surface area contributed by atoms with Crippen LogP contribution in [-0.4, -0.2) is 76.7 Å². The van der Waals surface area contributed by atoms with Crippen molar-refractivity contribution in [2.45, 2.75) is 105 Å². The molecule has 10 nitrogen and oxygen atoms in total. The molecule has 2 fully saturated rings. The van der Waals surface area contributed by atoms with Gasteiger partial charge in [-0.15, -0.1) is 0 Å². The number of aliphatic hydroxyl groups excluding tert-OH is 1. The lowest BCUT2D eigenvalue weighted by molar-refractivity contribution is -0.127. The number of carbonyl (C=O) groups excluding carboxylic acids is 4. The molecule has 6 rings (SSSR count). The molecule has 1 N–H and O–H groups in total. The lowest BCUT2D eigenvalue weighted by Crippen LogP contribution is -2.40. The van der Waals surface area contributed by atoms with E-state index in [4.69, 9.17) is 21.1 Å². The molecule has 0 aromatic heterocycles. The SMILES string of the molecule is CCOC(=O)Cl.CCOC(=O)OC1=C(c2c(Br)cc(C)cc2CC)C(=O)N2CCCCC12.CCc1cc(C)cc(Br)c1C1=C(O)C2CCCCN2C1=O. The van der Waals surface area contributed by atoms with E-state index < -0.39 is 11.6 Å². The number of nitrogens with zero attached hydrogens (tertiary/aromatic N) is 2. The number of piperidine rings is 2. The van der Waals surface area contributed by atoms with Crippen molar-refractivity contribution in [1.29, 1.82) is 0 Å². The molecule has 2 unspecified atom stereocenters. The minimum absolute atomic E-state index is 0.0172. The maximum absolute atomic E-state index is 13.2. The van der Waals surface area contributed by atoms with Crippen LogP contribution in [-0.2, 0) is 36.6 Å². The fraction of sp³-hybridized carbons (Fsp3) is 0.500. The van der Waals surface area contributed by atoms with E-state index >= 15 is 0 Å². The summed E-state index contributed by atoms with van der Waals surface area (Å²) < 4.78 is 16.5. The first-order valence-electron chi connectivity index (χ1n) is 18.3. The molecule has 0 saturated carbocycles. The molecule has 4 aliphatic heterocycles. The minimum atomic E-state index is -0.749. The molecule has 13 heteroatoms. The highest BCUT2D eigenvalue weighted by Gasteiger charge is 2.45. The van der Waals surface area contributed by atoms with Crippen molar-refractivity contribution in [2.24, 2.45) is 0 Å². The number of amides is 2. The van der Waals surface area contributed by atoms with Crippen LogP contribution in [0.5, 0.6) is 0 Å². The van der Waals surface area contributed by atoms with Crippen LogP contribution in [0.4, 0.5) is 9.59 Å². The van der Waals surface area contributed by atoms with E-state index in [1.807, 2.05) is 35.8 Å². The average Bonchev–Trinajstić information content (AvgIpc) is 3.53. The van der Waals surface area contributed by atoms with Gasteiger partial charge in [0.1, 0.15) is 11.5 Å². The second-order valence-electron chi connectivity index (χ2n) is 13.2. The standard InChI is InChI=1S/C20H24BrNO4.C17H20BrNO2.C3H5ClO2/c1-4-13-10-12(3)11-14(21)16(13)17-18(26-20(24)25-5-2)15-8-6-7-9-22(15)19(17)23;1-3-11-8-10(2)9-12(18)14(11)15-16(20)13-6-4-5-7-19(13)17(15)21;1-2-6-3(4)5/h10-11,15H,4-9H2,1-3H3;8-9,13,20H,3-7H2,1-2H3;2H2,1H3. The van der Waals surface area contributed by atoms with Gasteiger partial charge < -0.3 is 29.1 Å². The van der Waals surface area contributed by atoms with Crippen molar-refractivity contribution < 1.29 is 38.5 Å². The van der Waals surface area contributed by atoms with Crippen LogP contribution in [0.3, 0.4) is 0 Å². The third kappa shape index (κ3) is 9.67. The number of benzene rings is 2. The number of rotatable bonds is 7. The Balaban J connectivity index is 0.000000209. The van der Waals surface area contributed by atoms with E-state index in [-0.39, 0.29) is 36.3 Å². The van der Waals surface area contributed by atoms with E-state index in [1.165, 1.54) is 0 Å². The second kappa shape index (κ2) is 19.3. The van der Waals surface area contributed by atoms with Gasteiger partial charge in [-0.2, -0.15) is 0 Å². The Hall–Kier alpha value is -3.35. The van der Waals surface area contributed by atoms with E-state index in [9.17, 15) is 24.3 Å². The number of ether oxygens (including phenoxy) is 3. The first-order chi connectivity index (χ1) is 25.3. The van der Waals surface area contributed by atoms with Gasteiger partial charge in [0.25, 0.3) is 11.8 Å². The molecule has 2 amide bonds. The smallest absolute Gasteiger partial charge is 0.509 e. The van der Waals surface area contributed by atoms with Crippen molar-refractivity contribution >= 4 is 78.0 Å². The van der Waals surface area contributed by atoms with Crippen LogP contribution in [0.2, 0.25) is 0 Å². The van der Waals surface area contributed by atoms with Gasteiger partial charge in [-0.1, -0.05) is 57.8 Å². The summed E-state index contributed by atoms with van der Waals surface area (Å²) in [4.78, 5) is 51.2. The van der Waals surface area contributed by atoms with Gasteiger partial charge in [0, 0.05) is 44.8 Å². The third-order valence-corrected chi connectivity index (χ3v) is 11.0. The molecule has 2 atom stereocenters. The zero-order valence-electron chi connectivity index (χ0n) is 31.3. The highest BCUT2D eigenvalue weighted by molar-refractivity contribution is 9.10. The Labute approximate surface area is 334 Å². The topological polar surface area (TPSA) is 123 Å². The number of fused-ring (bicyclic) bond motifs is 2. The van der Waals surface area contributed by atoms with Gasteiger partial charge in [0.2, 0.25) is 0 Å². The highest BCUT2D eigenvalue weighted by Crippen LogP contribution is 2.43. The van der Waals surface area contributed by atoms with Crippen molar-refractivity contribution in [3.63, 3.8) is 0 Å². The quantitative estimate of drug-likeness (QED) is 0.216. The van der Waals surface area contributed by atoms with E-state index in [0.717, 1.165) is 100 Å². The van der Waals surface area contributed by atoms with E-state index in [1.54, 1.807) is 13.8 Å². The Bertz CT molecular complexity index is 1790. The van der Waals surface area contributed by atoms with Crippen molar-refractivity contribution in [1.82, 2.24) is 9.80 Å². The molecular formula is C40H49Br2ClN2O8. The summed E-state index contributed by atoms with van der Waals surface area (Å²) in [6.07, 6.45) is 6.61. The predicted molar refractivity (Wildman–Crippen MR) is 213 cm³/mol. The fourth-order valence-electron chi connectivity index (χ4n) is 7.42. The van der Waals surface area contributed by atoms with Gasteiger partial charge >= 0.3 is 11.6 Å². The maximum atomic E-state index is 13.2. The Morgan fingerprint density at radius 2 is 1.23 bits per heavy atom. The monoisotopic (exact) mass is 878 g/mol. The number of aliphatic hydroxyl groups is 1. The number of aryl methyl sites for hydroxylation is 4. The Morgan fingerprint density at radius 3 is 1.68 bits per heavy atom. The third-order valence-electron chi connectivity index (χ3n) is 9.68. The molecule has 2 aromatic rings. The van der Waals surface area contributed by atoms with Gasteiger partial charge in [0.15, 0.2) is 0 Å².